The molecule has 1 aliphatic heterocycles. The average molecular weight is 211 g/mol. The lowest BCUT2D eigenvalue weighted by atomic mass is 9.69. The molecule has 0 aliphatic carbocycles. The summed E-state index contributed by atoms with van der Waals surface area (Å²) in [6, 6.07) is 0. The third-order valence-electron chi connectivity index (χ3n) is 4.57. The number of hydrogen-bond acceptors (Lipinski definition) is 1. The van der Waals surface area contributed by atoms with Gasteiger partial charge in [-0.15, -0.1) is 0 Å². The SMILES string of the molecule is CC(C)C1(C)CCC(C)(C)CCN(C)C1. The molecule has 0 saturated carbocycles. The lowest BCUT2D eigenvalue weighted by Gasteiger charge is -2.43. The van der Waals surface area contributed by atoms with Crippen molar-refractivity contribution in [3.8, 4) is 0 Å². The highest BCUT2D eigenvalue weighted by Crippen LogP contribution is 2.40. The summed E-state index contributed by atoms with van der Waals surface area (Å²) >= 11 is 0. The van der Waals surface area contributed by atoms with E-state index in [0.29, 0.717) is 10.8 Å². The normalized spacial score (nSPS) is 33.8. The van der Waals surface area contributed by atoms with Crippen molar-refractivity contribution >= 4 is 0 Å². The fourth-order valence-corrected chi connectivity index (χ4v) is 2.49. The molecule has 0 aromatic rings. The van der Waals surface area contributed by atoms with Crippen LogP contribution in [-0.2, 0) is 0 Å². The van der Waals surface area contributed by atoms with Crippen molar-refractivity contribution in [1.29, 1.82) is 0 Å². The van der Waals surface area contributed by atoms with Crippen LogP contribution in [0.25, 0.3) is 0 Å². The summed E-state index contributed by atoms with van der Waals surface area (Å²) in [7, 11) is 2.28. The fraction of sp³-hybridized carbons (Fsp3) is 1.00. The Morgan fingerprint density at radius 3 is 2.13 bits per heavy atom. The summed E-state index contributed by atoms with van der Waals surface area (Å²) in [6.07, 6.45) is 4.11. The summed E-state index contributed by atoms with van der Waals surface area (Å²) in [5, 5.41) is 0. The van der Waals surface area contributed by atoms with Gasteiger partial charge in [-0.1, -0.05) is 34.6 Å². The van der Waals surface area contributed by atoms with Crippen molar-refractivity contribution in [2.24, 2.45) is 16.7 Å². The van der Waals surface area contributed by atoms with Gasteiger partial charge in [0.2, 0.25) is 0 Å². The molecule has 1 nitrogen and oxygen atoms in total. The van der Waals surface area contributed by atoms with Gasteiger partial charge in [0.15, 0.2) is 0 Å². The van der Waals surface area contributed by atoms with E-state index >= 15 is 0 Å². The van der Waals surface area contributed by atoms with Crippen molar-refractivity contribution < 1.29 is 0 Å². The van der Waals surface area contributed by atoms with Crippen molar-refractivity contribution in [3.63, 3.8) is 0 Å². The lowest BCUT2D eigenvalue weighted by molar-refractivity contribution is 0.0706. The molecule has 0 radical (unpaired) electrons. The van der Waals surface area contributed by atoms with Crippen LogP contribution < -0.4 is 0 Å². The fourth-order valence-electron chi connectivity index (χ4n) is 2.49. The Morgan fingerprint density at radius 1 is 1.00 bits per heavy atom. The third-order valence-corrected chi connectivity index (χ3v) is 4.57. The van der Waals surface area contributed by atoms with Gasteiger partial charge in [0, 0.05) is 6.54 Å². The first kappa shape index (κ1) is 13.0. The average Bonchev–Trinajstić information content (AvgIpc) is 2.11. The molecule has 0 aromatic heterocycles. The monoisotopic (exact) mass is 211 g/mol. The lowest BCUT2D eigenvalue weighted by Crippen LogP contribution is -2.41. The summed E-state index contributed by atoms with van der Waals surface area (Å²) in [4.78, 5) is 2.53. The van der Waals surface area contributed by atoms with Crippen LogP contribution in [0, 0.1) is 16.7 Å². The Labute approximate surface area is 96.2 Å². The predicted octanol–water partition coefficient (Wildman–Crippen LogP) is 3.79. The van der Waals surface area contributed by atoms with Crippen LogP contribution in [0.3, 0.4) is 0 Å². The zero-order valence-corrected chi connectivity index (χ0v) is 11.6. The Hall–Kier alpha value is -0.0400. The molecule has 15 heavy (non-hydrogen) atoms. The molecule has 1 aliphatic rings. The third kappa shape index (κ3) is 3.48. The van der Waals surface area contributed by atoms with Gasteiger partial charge < -0.3 is 4.90 Å². The molecule has 0 N–H and O–H groups in total. The second kappa shape index (κ2) is 4.45. The zero-order chi connectivity index (χ0) is 11.7. The largest absolute Gasteiger partial charge is 0.306 e. The maximum atomic E-state index is 2.53. The van der Waals surface area contributed by atoms with E-state index in [2.05, 4.69) is 46.6 Å². The second-order valence-corrected chi connectivity index (χ2v) is 6.96. The van der Waals surface area contributed by atoms with Gasteiger partial charge in [0.05, 0.1) is 0 Å². The van der Waals surface area contributed by atoms with E-state index in [1.54, 1.807) is 0 Å². The second-order valence-electron chi connectivity index (χ2n) is 6.96. The molecule has 90 valence electrons. The Morgan fingerprint density at radius 2 is 1.60 bits per heavy atom. The van der Waals surface area contributed by atoms with Crippen LogP contribution in [0.1, 0.15) is 53.9 Å². The van der Waals surface area contributed by atoms with E-state index in [9.17, 15) is 0 Å². The minimum absolute atomic E-state index is 0.506. The van der Waals surface area contributed by atoms with E-state index < -0.39 is 0 Å². The molecular weight excluding hydrogens is 182 g/mol. The van der Waals surface area contributed by atoms with E-state index in [-0.39, 0.29) is 0 Å². The molecule has 1 unspecified atom stereocenters. The van der Waals surface area contributed by atoms with E-state index in [0.717, 1.165) is 5.92 Å². The molecule has 1 heterocycles. The van der Waals surface area contributed by atoms with Gasteiger partial charge in [0.1, 0.15) is 0 Å². The highest BCUT2D eigenvalue weighted by molar-refractivity contribution is 4.86. The molecule has 1 saturated heterocycles. The van der Waals surface area contributed by atoms with Gasteiger partial charge >= 0.3 is 0 Å². The quantitative estimate of drug-likeness (QED) is 0.638. The maximum absolute atomic E-state index is 2.53. The van der Waals surface area contributed by atoms with Crippen molar-refractivity contribution in [2.75, 3.05) is 20.1 Å². The number of nitrogens with zero attached hydrogens (tertiary/aromatic N) is 1. The first-order valence-electron chi connectivity index (χ1n) is 6.44. The van der Waals surface area contributed by atoms with Gasteiger partial charge in [-0.2, -0.15) is 0 Å². The molecule has 0 bridgehead atoms. The van der Waals surface area contributed by atoms with Crippen LogP contribution >= 0.6 is 0 Å². The van der Waals surface area contributed by atoms with Crippen LogP contribution in [0.2, 0.25) is 0 Å². The van der Waals surface area contributed by atoms with Gasteiger partial charge in [-0.25, -0.2) is 0 Å². The van der Waals surface area contributed by atoms with Crippen LogP contribution in [0.4, 0.5) is 0 Å². The predicted molar refractivity (Wildman–Crippen MR) is 68.1 cm³/mol. The Bertz CT molecular complexity index is 207. The Balaban J connectivity index is 2.75. The molecule has 0 aromatic carbocycles. The van der Waals surface area contributed by atoms with Crippen LogP contribution in [0.15, 0.2) is 0 Å². The summed E-state index contributed by atoms with van der Waals surface area (Å²) in [5.74, 6) is 0.786. The molecule has 1 fully saturated rings. The Kier molecular flexibility index (Phi) is 3.86. The van der Waals surface area contributed by atoms with Crippen LogP contribution in [0.5, 0.6) is 0 Å². The summed E-state index contributed by atoms with van der Waals surface area (Å²) in [5.41, 5.74) is 1.04. The first-order chi connectivity index (χ1) is 6.75. The van der Waals surface area contributed by atoms with Crippen molar-refractivity contribution in [3.05, 3.63) is 0 Å². The van der Waals surface area contributed by atoms with Gasteiger partial charge in [-0.3, -0.25) is 0 Å². The van der Waals surface area contributed by atoms with Crippen molar-refractivity contribution in [1.82, 2.24) is 4.90 Å². The van der Waals surface area contributed by atoms with Gasteiger partial charge in [0.25, 0.3) is 0 Å². The minimum atomic E-state index is 0.506. The highest BCUT2D eigenvalue weighted by atomic mass is 15.1. The van der Waals surface area contributed by atoms with Crippen LogP contribution in [-0.4, -0.2) is 25.0 Å². The smallest absolute Gasteiger partial charge is 0.00347 e. The number of likely N-dealkylation sites (tertiary alicyclic amines) is 1. The maximum Gasteiger partial charge on any atom is 0.00347 e. The molecular formula is C14H29N. The highest BCUT2D eigenvalue weighted by Gasteiger charge is 2.34. The zero-order valence-electron chi connectivity index (χ0n) is 11.6. The van der Waals surface area contributed by atoms with E-state index in [4.69, 9.17) is 0 Å². The molecule has 1 atom stereocenters. The number of rotatable bonds is 1. The van der Waals surface area contributed by atoms with E-state index in [1.807, 2.05) is 0 Å². The number of hydrogen-bond donors (Lipinski definition) is 0. The first-order valence-corrected chi connectivity index (χ1v) is 6.44. The van der Waals surface area contributed by atoms with E-state index in [1.165, 1.54) is 32.4 Å². The molecule has 0 amide bonds. The topological polar surface area (TPSA) is 3.24 Å². The molecule has 1 heteroatoms. The van der Waals surface area contributed by atoms with Gasteiger partial charge in [-0.05, 0) is 49.6 Å². The molecule has 0 spiro atoms. The standard InChI is InChI=1S/C14H29N/c1-12(2)14(5)8-7-13(3,4)9-10-15(6)11-14/h12H,7-11H2,1-6H3. The summed E-state index contributed by atoms with van der Waals surface area (Å²) < 4.78 is 0. The minimum Gasteiger partial charge on any atom is -0.306 e. The van der Waals surface area contributed by atoms with Crippen molar-refractivity contribution in [2.45, 2.75) is 53.9 Å². The molecule has 1 rings (SSSR count). The summed E-state index contributed by atoms with van der Waals surface area (Å²) in [6.45, 7) is 14.6.